The van der Waals surface area contributed by atoms with Gasteiger partial charge in [0.1, 0.15) is 18.5 Å². The lowest BCUT2D eigenvalue weighted by molar-refractivity contribution is -0.659. The maximum Gasteiger partial charge on any atom is 0.228 e. The van der Waals surface area contributed by atoms with Crippen molar-refractivity contribution in [1.29, 1.82) is 0 Å². The molecule has 0 atom stereocenters. The van der Waals surface area contributed by atoms with E-state index in [9.17, 15) is 0 Å². The zero-order chi connectivity index (χ0) is 21.4. The molecule has 1 aliphatic carbocycles. The average Bonchev–Trinajstić information content (AvgIpc) is 3.35. The Morgan fingerprint density at radius 1 is 0.812 bits per heavy atom. The maximum absolute atomic E-state index is 6.71. The molecule has 1 saturated carbocycles. The van der Waals surface area contributed by atoms with Gasteiger partial charge in [-0.1, -0.05) is 55.3 Å². The van der Waals surface area contributed by atoms with Gasteiger partial charge in [-0.3, -0.25) is 0 Å². The first-order valence-electron chi connectivity index (χ1n) is 11.8. The van der Waals surface area contributed by atoms with Crippen LogP contribution in [0.2, 0.25) is 0 Å². The van der Waals surface area contributed by atoms with E-state index in [1.54, 1.807) is 0 Å². The third-order valence-corrected chi connectivity index (χ3v) is 7.80. The molecular weight excluding hydrogens is 390 g/mol. The van der Waals surface area contributed by atoms with Gasteiger partial charge in [-0.15, -0.1) is 0 Å². The normalized spacial score (nSPS) is 15.4. The second-order valence-electron chi connectivity index (χ2n) is 9.56. The molecule has 1 aromatic heterocycles. The van der Waals surface area contributed by atoms with Gasteiger partial charge >= 0.3 is 0 Å². The van der Waals surface area contributed by atoms with Gasteiger partial charge in [0.05, 0.1) is 10.9 Å². The number of aryl methyl sites for hydroxylation is 2. The van der Waals surface area contributed by atoms with E-state index < -0.39 is 0 Å². The Labute approximate surface area is 188 Å². The van der Waals surface area contributed by atoms with E-state index in [4.69, 9.17) is 4.74 Å². The monoisotopic (exact) mass is 416 g/mol. The van der Waals surface area contributed by atoms with Crippen molar-refractivity contribution in [1.82, 2.24) is 0 Å². The van der Waals surface area contributed by atoms with Crippen LogP contribution in [0.15, 0.2) is 66.9 Å². The molecule has 2 heteroatoms. The second-order valence-corrected chi connectivity index (χ2v) is 9.56. The van der Waals surface area contributed by atoms with E-state index in [0.717, 1.165) is 11.5 Å². The quantitative estimate of drug-likeness (QED) is 0.198. The van der Waals surface area contributed by atoms with E-state index in [1.165, 1.54) is 80.4 Å². The lowest BCUT2D eigenvalue weighted by atomic mass is 9.87. The Hall–Kier alpha value is -3.39. The van der Waals surface area contributed by atoms with Crippen LogP contribution in [0.25, 0.3) is 43.6 Å². The van der Waals surface area contributed by atoms with Gasteiger partial charge in [-0.05, 0) is 70.5 Å². The maximum atomic E-state index is 6.71. The highest BCUT2D eigenvalue weighted by molar-refractivity contribution is 6.16. The number of aromatic nitrogens is 1. The third kappa shape index (κ3) is 2.38. The number of pyridine rings is 1. The van der Waals surface area contributed by atoms with Crippen molar-refractivity contribution < 1.29 is 9.30 Å². The molecule has 0 unspecified atom stereocenters. The molecule has 0 spiro atoms. The molecule has 2 heterocycles. The molecular formula is C30H26NO+. The van der Waals surface area contributed by atoms with E-state index in [0.29, 0.717) is 5.92 Å². The van der Waals surface area contributed by atoms with E-state index in [-0.39, 0.29) is 0 Å². The largest absolute Gasteiger partial charge is 0.456 e. The van der Waals surface area contributed by atoms with Crippen molar-refractivity contribution in [3.8, 4) is 22.8 Å². The lowest BCUT2D eigenvalue weighted by Crippen LogP contribution is -2.31. The Kier molecular flexibility index (Phi) is 3.73. The summed E-state index contributed by atoms with van der Waals surface area (Å²) in [7, 11) is 2.15. The van der Waals surface area contributed by atoms with Gasteiger partial charge < -0.3 is 4.74 Å². The summed E-state index contributed by atoms with van der Waals surface area (Å²) in [5.41, 5.74) is 5.26. The fourth-order valence-corrected chi connectivity index (χ4v) is 6.27. The summed E-state index contributed by atoms with van der Waals surface area (Å²) in [6.45, 7) is 2.23. The van der Waals surface area contributed by atoms with Crippen LogP contribution in [0.4, 0.5) is 0 Å². The Morgan fingerprint density at radius 3 is 2.50 bits per heavy atom. The Bertz CT molecular complexity index is 1570. The Balaban J connectivity index is 1.61. The molecule has 0 amide bonds. The number of hydrogen-bond donors (Lipinski definition) is 0. The SMILES string of the molecule is Cc1c2c(cc3ccccc13)Oc1cc3c(C4CCCC4)cccc3c3cc[n+](C)c-2c13. The van der Waals surface area contributed by atoms with Crippen molar-refractivity contribution >= 4 is 32.3 Å². The van der Waals surface area contributed by atoms with Crippen LogP contribution in [-0.4, -0.2) is 0 Å². The highest BCUT2D eigenvalue weighted by atomic mass is 16.5. The van der Waals surface area contributed by atoms with E-state index in [1.807, 2.05) is 0 Å². The summed E-state index contributed by atoms with van der Waals surface area (Å²) >= 11 is 0. The number of rotatable bonds is 1. The standard InChI is InChI=1S/C30H26NO/c1-18-21-11-6-5-10-20(21)16-26-28(18)30-29-24(14-15-31(30)2)23-13-7-12-22(19-8-3-4-9-19)25(23)17-27(29)32-26/h5-7,10-17,19H,3-4,8-9H2,1-2H3/q+1. The zero-order valence-electron chi connectivity index (χ0n) is 18.6. The Morgan fingerprint density at radius 2 is 1.62 bits per heavy atom. The minimum atomic E-state index is 0.671. The van der Waals surface area contributed by atoms with E-state index in [2.05, 4.69) is 85.4 Å². The molecule has 0 saturated heterocycles. The zero-order valence-corrected chi connectivity index (χ0v) is 18.6. The average molecular weight is 417 g/mol. The summed E-state index contributed by atoms with van der Waals surface area (Å²) in [5, 5.41) is 7.76. The molecule has 32 heavy (non-hydrogen) atoms. The predicted molar refractivity (Wildman–Crippen MR) is 132 cm³/mol. The van der Waals surface area contributed by atoms with Gasteiger partial charge in [-0.25, -0.2) is 4.57 Å². The predicted octanol–water partition coefficient (Wildman–Crippen LogP) is 7.71. The highest BCUT2D eigenvalue weighted by Crippen LogP contribution is 2.51. The van der Waals surface area contributed by atoms with Crippen LogP contribution in [0, 0.1) is 6.92 Å². The van der Waals surface area contributed by atoms with E-state index >= 15 is 0 Å². The third-order valence-electron chi connectivity index (χ3n) is 7.80. The minimum Gasteiger partial charge on any atom is -0.456 e. The molecule has 0 bridgehead atoms. The molecule has 5 aromatic rings. The van der Waals surface area contributed by atoms with Crippen LogP contribution >= 0.6 is 0 Å². The first kappa shape index (κ1) is 18.2. The first-order chi connectivity index (χ1) is 15.7. The molecule has 7 rings (SSSR count). The highest BCUT2D eigenvalue weighted by Gasteiger charge is 2.31. The van der Waals surface area contributed by atoms with Gasteiger partial charge in [-0.2, -0.15) is 0 Å². The van der Waals surface area contributed by atoms with Crippen LogP contribution in [-0.2, 0) is 7.05 Å². The summed E-state index contributed by atoms with van der Waals surface area (Å²) in [6, 6.07) is 22.3. The summed E-state index contributed by atoms with van der Waals surface area (Å²) in [6.07, 6.45) is 7.51. The first-order valence-corrected chi connectivity index (χ1v) is 11.8. The smallest absolute Gasteiger partial charge is 0.228 e. The summed E-state index contributed by atoms with van der Waals surface area (Å²) in [5.74, 6) is 2.63. The second kappa shape index (κ2) is 6.56. The van der Waals surface area contributed by atoms with Crippen molar-refractivity contribution in [3.05, 3.63) is 78.0 Å². The van der Waals surface area contributed by atoms with Crippen LogP contribution in [0.1, 0.15) is 42.7 Å². The van der Waals surface area contributed by atoms with Crippen molar-refractivity contribution in [2.24, 2.45) is 7.05 Å². The molecule has 0 N–H and O–H groups in total. The molecule has 0 radical (unpaired) electrons. The molecule has 156 valence electrons. The summed E-state index contributed by atoms with van der Waals surface area (Å²) < 4.78 is 8.97. The van der Waals surface area contributed by atoms with Gasteiger partial charge in [0.25, 0.3) is 0 Å². The molecule has 1 aliphatic heterocycles. The number of fused-ring (bicyclic) bond motifs is 5. The van der Waals surface area contributed by atoms with Gasteiger partial charge in [0.2, 0.25) is 5.69 Å². The minimum absolute atomic E-state index is 0.671. The molecule has 2 nitrogen and oxygen atoms in total. The fourth-order valence-electron chi connectivity index (χ4n) is 6.27. The fraction of sp³-hybridized carbons (Fsp3) is 0.233. The molecule has 1 fully saturated rings. The molecule has 2 aliphatic rings. The number of hydrogen-bond acceptors (Lipinski definition) is 1. The lowest BCUT2D eigenvalue weighted by Gasteiger charge is -2.23. The van der Waals surface area contributed by atoms with Crippen LogP contribution < -0.4 is 9.30 Å². The van der Waals surface area contributed by atoms with Crippen molar-refractivity contribution in [3.63, 3.8) is 0 Å². The van der Waals surface area contributed by atoms with Crippen LogP contribution in [0.3, 0.4) is 0 Å². The van der Waals surface area contributed by atoms with Gasteiger partial charge in [0, 0.05) is 11.5 Å². The number of benzene rings is 4. The van der Waals surface area contributed by atoms with Crippen LogP contribution in [0.5, 0.6) is 11.5 Å². The molecule has 4 aromatic carbocycles. The number of ether oxygens (including phenoxy) is 1. The van der Waals surface area contributed by atoms with Crippen molar-refractivity contribution in [2.75, 3.05) is 0 Å². The van der Waals surface area contributed by atoms with Crippen molar-refractivity contribution in [2.45, 2.75) is 38.5 Å². The topological polar surface area (TPSA) is 13.1 Å². The number of nitrogens with zero attached hydrogens (tertiary/aromatic N) is 1. The summed E-state index contributed by atoms with van der Waals surface area (Å²) in [4.78, 5) is 0. The van der Waals surface area contributed by atoms with Gasteiger partial charge in [0.15, 0.2) is 6.20 Å².